The summed E-state index contributed by atoms with van der Waals surface area (Å²) in [7, 11) is 1.93. The Morgan fingerprint density at radius 1 is 1.31 bits per heavy atom. The van der Waals surface area contributed by atoms with Gasteiger partial charge in [0, 0.05) is 26.2 Å². The van der Waals surface area contributed by atoms with Gasteiger partial charge in [0.25, 0.3) is 0 Å². The fourth-order valence-electron chi connectivity index (χ4n) is 3.45. The van der Waals surface area contributed by atoms with Gasteiger partial charge in [-0.3, -0.25) is 14.8 Å². The molecule has 1 aromatic rings. The normalized spacial score (nSPS) is 16.0. The molecule has 0 aromatic carbocycles. The Hall–Kier alpha value is -2.51. The van der Waals surface area contributed by atoms with E-state index in [1.54, 1.807) is 4.90 Å². The Morgan fingerprint density at radius 2 is 1.97 bits per heavy atom. The summed E-state index contributed by atoms with van der Waals surface area (Å²) in [4.78, 5) is 34.8. The van der Waals surface area contributed by atoms with Crippen molar-refractivity contribution in [2.75, 3.05) is 49.7 Å². The van der Waals surface area contributed by atoms with Crippen LogP contribution in [0, 0.1) is 5.92 Å². The molecule has 1 aliphatic heterocycles. The number of rotatable bonds is 10. The number of carbonyl (C=O) groups is 2. The van der Waals surface area contributed by atoms with Crippen LogP contribution in [0.3, 0.4) is 0 Å². The molecule has 0 bridgehead atoms. The molecular formula is C19H30F3N7O3. The van der Waals surface area contributed by atoms with Gasteiger partial charge in [0.2, 0.25) is 18.1 Å². The highest BCUT2D eigenvalue weighted by Crippen LogP contribution is 2.33. The van der Waals surface area contributed by atoms with Crippen LogP contribution in [-0.4, -0.2) is 77.2 Å². The number of nitrogens with zero attached hydrogens (tertiary/aromatic N) is 6. The van der Waals surface area contributed by atoms with E-state index in [4.69, 9.17) is 5.84 Å². The topological polar surface area (TPSA) is 119 Å². The number of aromatic nitrogens is 2. The monoisotopic (exact) mass is 461 g/mol. The lowest BCUT2D eigenvalue weighted by Gasteiger charge is -2.35. The van der Waals surface area contributed by atoms with E-state index < -0.39 is 23.8 Å². The third-order valence-electron chi connectivity index (χ3n) is 5.35. The quantitative estimate of drug-likeness (QED) is 0.134. The van der Waals surface area contributed by atoms with Gasteiger partial charge in [-0.2, -0.15) is 13.2 Å². The fourth-order valence-corrected chi connectivity index (χ4v) is 3.45. The molecule has 2 rings (SSSR count). The summed E-state index contributed by atoms with van der Waals surface area (Å²) in [6, 6.07) is 0. The third kappa shape index (κ3) is 6.74. The number of hydrogen-bond donors (Lipinski definition) is 2. The van der Waals surface area contributed by atoms with Crippen molar-refractivity contribution >= 4 is 23.8 Å². The molecule has 1 saturated heterocycles. The summed E-state index contributed by atoms with van der Waals surface area (Å²) in [5, 5.41) is 10.5. The number of halogens is 3. The maximum atomic E-state index is 13.3. The van der Waals surface area contributed by atoms with Gasteiger partial charge in [0.15, 0.2) is 5.82 Å². The lowest BCUT2D eigenvalue weighted by atomic mass is 10.00. The molecule has 1 atom stereocenters. The van der Waals surface area contributed by atoms with Gasteiger partial charge in [0.1, 0.15) is 5.69 Å². The van der Waals surface area contributed by atoms with Gasteiger partial charge in [0.05, 0.1) is 18.7 Å². The van der Waals surface area contributed by atoms with Crippen molar-refractivity contribution in [2.24, 2.45) is 11.8 Å². The lowest BCUT2D eigenvalue weighted by molar-refractivity contribution is -0.154. The predicted octanol–water partition coefficient (Wildman–Crippen LogP) is 1.50. The molecule has 3 N–H and O–H groups in total. The Kier molecular flexibility index (Phi) is 9.16. The fraction of sp³-hybridized carbons (Fsp3) is 0.684. The van der Waals surface area contributed by atoms with E-state index in [-0.39, 0.29) is 24.5 Å². The molecule has 0 spiro atoms. The second kappa shape index (κ2) is 11.4. The second-order valence-electron chi connectivity index (χ2n) is 7.82. The van der Waals surface area contributed by atoms with E-state index in [9.17, 15) is 28.0 Å². The van der Waals surface area contributed by atoms with Crippen molar-refractivity contribution in [1.82, 2.24) is 19.9 Å². The third-order valence-corrected chi connectivity index (χ3v) is 5.35. The van der Waals surface area contributed by atoms with E-state index in [2.05, 4.69) is 14.9 Å². The molecule has 2 amide bonds. The number of nitrogens with two attached hydrogens (primary N) is 1. The number of hydrogen-bond acceptors (Lipinski definition) is 8. The van der Waals surface area contributed by atoms with Gasteiger partial charge in [-0.1, -0.05) is 26.2 Å². The molecule has 13 heteroatoms. The predicted molar refractivity (Wildman–Crippen MR) is 111 cm³/mol. The molecule has 1 aromatic heterocycles. The number of unbranched alkanes of at least 4 members (excludes halogenated alkanes) is 2. The number of hydrazine groups is 1. The van der Waals surface area contributed by atoms with Crippen LogP contribution < -0.4 is 15.8 Å². The SMILES string of the molecule is CCCCCC(CN(O)C=O)C(=O)N(N)c1nc(C(F)(F)F)ncc1N1CCN(C)CC1. The molecular weight excluding hydrogens is 431 g/mol. The summed E-state index contributed by atoms with van der Waals surface area (Å²) in [6.45, 7) is 3.96. The number of likely N-dealkylation sites (N-methyl/N-ethyl adjacent to an activating group) is 1. The molecule has 32 heavy (non-hydrogen) atoms. The Labute approximate surface area is 184 Å². The summed E-state index contributed by atoms with van der Waals surface area (Å²) in [6.07, 6.45) is -1.04. The number of carbonyl (C=O) groups excluding carboxylic acids is 2. The van der Waals surface area contributed by atoms with E-state index in [1.807, 2.05) is 14.0 Å². The van der Waals surface area contributed by atoms with E-state index >= 15 is 0 Å². The van der Waals surface area contributed by atoms with E-state index in [0.717, 1.165) is 19.0 Å². The Morgan fingerprint density at radius 3 is 2.53 bits per heavy atom. The number of amides is 2. The van der Waals surface area contributed by atoms with Crippen LogP contribution in [0.4, 0.5) is 24.7 Å². The second-order valence-corrected chi connectivity index (χ2v) is 7.82. The van der Waals surface area contributed by atoms with Crippen molar-refractivity contribution in [3.8, 4) is 0 Å². The molecule has 0 radical (unpaired) electrons. The minimum absolute atomic E-state index is 0.156. The van der Waals surface area contributed by atoms with Crippen LogP contribution in [0.25, 0.3) is 0 Å². The van der Waals surface area contributed by atoms with Gasteiger partial charge in [-0.15, -0.1) is 0 Å². The summed E-state index contributed by atoms with van der Waals surface area (Å²) >= 11 is 0. The molecule has 1 unspecified atom stereocenters. The highest BCUT2D eigenvalue weighted by molar-refractivity contribution is 5.96. The highest BCUT2D eigenvalue weighted by atomic mass is 19.4. The molecule has 2 heterocycles. The summed E-state index contributed by atoms with van der Waals surface area (Å²) in [5.74, 6) is 2.58. The van der Waals surface area contributed by atoms with Crippen LogP contribution >= 0.6 is 0 Å². The van der Waals surface area contributed by atoms with Crippen LogP contribution in [0.1, 0.15) is 38.4 Å². The zero-order valence-corrected chi connectivity index (χ0v) is 18.3. The van der Waals surface area contributed by atoms with E-state index in [0.29, 0.717) is 49.1 Å². The molecule has 1 fully saturated rings. The van der Waals surface area contributed by atoms with Gasteiger partial charge >= 0.3 is 6.18 Å². The largest absolute Gasteiger partial charge is 0.451 e. The number of anilines is 2. The lowest BCUT2D eigenvalue weighted by Crippen LogP contribution is -2.48. The van der Waals surface area contributed by atoms with Gasteiger partial charge in [-0.25, -0.2) is 25.9 Å². The van der Waals surface area contributed by atoms with Crippen LogP contribution in [0.2, 0.25) is 0 Å². The minimum atomic E-state index is -4.82. The van der Waals surface area contributed by atoms with Crippen molar-refractivity contribution in [3.05, 3.63) is 12.0 Å². The standard InChI is InChI=1S/C19H30F3N7O3/c1-3-4-5-6-14(12-28(32)13-30)17(31)29(23)16-15(27-9-7-26(2)8-10-27)11-24-18(25-16)19(20,21)22/h11,13-14,32H,3-10,12,23H2,1-2H3. The number of hydroxylamine groups is 2. The Balaban J connectivity index is 2.38. The van der Waals surface area contributed by atoms with Crippen molar-refractivity contribution in [2.45, 2.75) is 38.8 Å². The van der Waals surface area contributed by atoms with Crippen molar-refractivity contribution in [3.63, 3.8) is 0 Å². The van der Waals surface area contributed by atoms with E-state index in [1.165, 1.54) is 0 Å². The van der Waals surface area contributed by atoms with Crippen LogP contribution in [0.5, 0.6) is 0 Å². The molecule has 10 nitrogen and oxygen atoms in total. The first-order valence-corrected chi connectivity index (χ1v) is 10.5. The first kappa shape index (κ1) is 25.7. The smallest absolute Gasteiger partial charge is 0.365 e. The maximum Gasteiger partial charge on any atom is 0.451 e. The number of piperazine rings is 1. The average molecular weight is 461 g/mol. The zero-order valence-electron chi connectivity index (χ0n) is 18.3. The summed E-state index contributed by atoms with van der Waals surface area (Å²) in [5.41, 5.74) is 0.213. The van der Waals surface area contributed by atoms with Crippen molar-refractivity contribution in [1.29, 1.82) is 0 Å². The van der Waals surface area contributed by atoms with Crippen molar-refractivity contribution < 1.29 is 28.0 Å². The molecule has 0 aliphatic carbocycles. The Bertz CT molecular complexity index is 773. The zero-order chi connectivity index (χ0) is 23.9. The molecule has 1 aliphatic rings. The van der Waals surface area contributed by atoms with Gasteiger partial charge in [-0.05, 0) is 13.5 Å². The minimum Gasteiger partial charge on any atom is -0.365 e. The van der Waals surface area contributed by atoms with Gasteiger partial charge < -0.3 is 9.80 Å². The first-order chi connectivity index (χ1) is 15.1. The van der Waals surface area contributed by atoms with Crippen LogP contribution in [0.15, 0.2) is 6.20 Å². The number of alkyl halides is 3. The first-order valence-electron chi connectivity index (χ1n) is 10.5. The summed E-state index contributed by atoms with van der Waals surface area (Å²) < 4.78 is 39.8. The maximum absolute atomic E-state index is 13.3. The van der Waals surface area contributed by atoms with Crippen LogP contribution in [-0.2, 0) is 15.8 Å². The molecule has 180 valence electrons. The average Bonchev–Trinajstić information content (AvgIpc) is 2.77. The highest BCUT2D eigenvalue weighted by Gasteiger charge is 2.37. The molecule has 0 saturated carbocycles.